The van der Waals surface area contributed by atoms with Gasteiger partial charge in [-0.05, 0) is 99.7 Å². The molecule has 0 saturated heterocycles. The Morgan fingerprint density at radius 1 is 1.10 bits per heavy atom. The molecule has 4 aliphatic carbocycles. The minimum absolute atomic E-state index is 0.134. The van der Waals surface area contributed by atoms with Crippen molar-refractivity contribution in [3.63, 3.8) is 0 Å². The summed E-state index contributed by atoms with van der Waals surface area (Å²) in [4.78, 5) is 0. The first kappa shape index (κ1) is 21.4. The van der Waals surface area contributed by atoms with E-state index in [0.717, 1.165) is 37.5 Å². The molecule has 0 aromatic rings. The van der Waals surface area contributed by atoms with Gasteiger partial charge in [-0.1, -0.05) is 56.2 Å². The maximum absolute atomic E-state index is 10.2. The van der Waals surface area contributed by atoms with Crippen LogP contribution in [0, 0.1) is 34.5 Å². The quantitative estimate of drug-likeness (QED) is 0.554. The van der Waals surface area contributed by atoms with Crippen molar-refractivity contribution >= 4 is 0 Å². The average Bonchev–Trinajstić information content (AvgIpc) is 2.98. The summed E-state index contributed by atoms with van der Waals surface area (Å²) in [6.45, 7) is 11.2. The van der Waals surface area contributed by atoms with E-state index < -0.39 is 5.60 Å². The highest BCUT2D eigenvalue weighted by molar-refractivity contribution is 5.39. The molecular formula is C27H42O2. The molecule has 0 heterocycles. The lowest BCUT2D eigenvalue weighted by Gasteiger charge is -2.55. The average molecular weight is 399 g/mol. The van der Waals surface area contributed by atoms with Gasteiger partial charge >= 0.3 is 0 Å². The second-order valence-electron chi connectivity index (χ2n) is 11.8. The number of rotatable bonds is 4. The lowest BCUT2D eigenvalue weighted by atomic mass is 9.50. The third-order valence-corrected chi connectivity index (χ3v) is 9.31. The summed E-state index contributed by atoms with van der Waals surface area (Å²) in [5.74, 6) is 2.71. The van der Waals surface area contributed by atoms with Gasteiger partial charge in [0.2, 0.25) is 0 Å². The third kappa shape index (κ3) is 3.69. The summed E-state index contributed by atoms with van der Waals surface area (Å²) < 4.78 is 0. The van der Waals surface area contributed by atoms with E-state index in [1.807, 2.05) is 13.8 Å². The fraction of sp³-hybridized carbons (Fsp3) is 0.778. The Balaban J connectivity index is 1.55. The van der Waals surface area contributed by atoms with Gasteiger partial charge in [-0.3, -0.25) is 0 Å². The minimum atomic E-state index is -0.615. The second-order valence-corrected chi connectivity index (χ2v) is 11.8. The van der Waals surface area contributed by atoms with E-state index in [9.17, 15) is 10.2 Å². The van der Waals surface area contributed by atoms with Crippen LogP contribution in [0.5, 0.6) is 0 Å². The zero-order chi connectivity index (χ0) is 21.0. The van der Waals surface area contributed by atoms with Gasteiger partial charge in [0, 0.05) is 0 Å². The fourth-order valence-electron chi connectivity index (χ4n) is 7.59. The first-order chi connectivity index (χ1) is 13.5. The number of aliphatic hydroxyl groups excluding tert-OH is 1. The molecule has 3 fully saturated rings. The Kier molecular flexibility index (Phi) is 5.44. The predicted octanol–water partition coefficient (Wildman–Crippen LogP) is 6.20. The van der Waals surface area contributed by atoms with Gasteiger partial charge in [-0.15, -0.1) is 0 Å². The molecule has 0 amide bonds. The highest BCUT2D eigenvalue weighted by Gasteiger charge is 2.56. The Bertz CT molecular complexity index is 723. The maximum Gasteiger partial charge on any atom is 0.0626 e. The van der Waals surface area contributed by atoms with Crippen molar-refractivity contribution in [1.82, 2.24) is 0 Å². The third-order valence-electron chi connectivity index (χ3n) is 9.31. The molecule has 4 aliphatic rings. The molecular weight excluding hydrogens is 356 g/mol. The molecule has 2 nitrogen and oxygen atoms in total. The molecule has 1 unspecified atom stereocenters. The first-order valence-corrected chi connectivity index (χ1v) is 12.0. The van der Waals surface area contributed by atoms with Gasteiger partial charge < -0.3 is 10.2 Å². The Morgan fingerprint density at radius 3 is 2.59 bits per heavy atom. The summed E-state index contributed by atoms with van der Waals surface area (Å²) in [6.07, 6.45) is 18.3. The molecule has 0 bridgehead atoms. The van der Waals surface area contributed by atoms with Crippen molar-refractivity contribution in [2.24, 2.45) is 34.5 Å². The first-order valence-electron chi connectivity index (χ1n) is 12.0. The van der Waals surface area contributed by atoms with Gasteiger partial charge in [-0.25, -0.2) is 0 Å². The standard InChI is InChI=1S/C27H42O2/c1-18(7-6-14-25(2,3)29)22-10-11-23-21-9-8-19-17-20(28)12-15-26(19,4)24(21)13-16-27(22,23)5/h6-9,18,20,22-24,28-29H,10-17H2,1-5H3/t18?,20-,22+,23-,24-,26-,27+/m0/s1. The van der Waals surface area contributed by atoms with Crippen LogP contribution in [-0.4, -0.2) is 21.9 Å². The molecule has 162 valence electrons. The zero-order valence-corrected chi connectivity index (χ0v) is 19.2. The van der Waals surface area contributed by atoms with Crippen LogP contribution in [-0.2, 0) is 0 Å². The molecule has 4 rings (SSSR count). The van der Waals surface area contributed by atoms with Gasteiger partial charge in [-0.2, -0.15) is 0 Å². The van der Waals surface area contributed by atoms with Crippen LogP contribution in [0.1, 0.15) is 86.0 Å². The van der Waals surface area contributed by atoms with Gasteiger partial charge in [0.1, 0.15) is 0 Å². The Morgan fingerprint density at radius 2 is 1.86 bits per heavy atom. The summed E-state index contributed by atoms with van der Waals surface area (Å²) in [5, 5.41) is 20.2. The molecule has 0 aromatic carbocycles. The van der Waals surface area contributed by atoms with E-state index in [1.54, 1.807) is 5.57 Å². The van der Waals surface area contributed by atoms with Crippen molar-refractivity contribution in [3.8, 4) is 0 Å². The highest BCUT2D eigenvalue weighted by Crippen LogP contribution is 2.65. The maximum atomic E-state index is 10.2. The number of fused-ring (bicyclic) bond motifs is 5. The van der Waals surface area contributed by atoms with Crippen molar-refractivity contribution in [2.45, 2.75) is 97.7 Å². The smallest absolute Gasteiger partial charge is 0.0626 e. The van der Waals surface area contributed by atoms with Crippen molar-refractivity contribution < 1.29 is 10.2 Å². The van der Waals surface area contributed by atoms with Crippen LogP contribution in [0.3, 0.4) is 0 Å². The number of hydrogen-bond donors (Lipinski definition) is 2. The van der Waals surface area contributed by atoms with Crippen LogP contribution in [0.15, 0.2) is 35.5 Å². The van der Waals surface area contributed by atoms with Crippen molar-refractivity contribution in [2.75, 3.05) is 0 Å². The van der Waals surface area contributed by atoms with Gasteiger partial charge in [0.05, 0.1) is 11.7 Å². The molecule has 7 atom stereocenters. The highest BCUT2D eigenvalue weighted by atomic mass is 16.3. The van der Waals surface area contributed by atoms with E-state index in [0.29, 0.717) is 17.3 Å². The van der Waals surface area contributed by atoms with Crippen LogP contribution in [0.2, 0.25) is 0 Å². The largest absolute Gasteiger partial charge is 0.393 e. The molecule has 0 aromatic heterocycles. The topological polar surface area (TPSA) is 40.5 Å². The van der Waals surface area contributed by atoms with Crippen molar-refractivity contribution in [3.05, 3.63) is 35.5 Å². The lowest BCUT2D eigenvalue weighted by molar-refractivity contribution is 0.0382. The van der Waals surface area contributed by atoms with E-state index in [1.165, 1.54) is 31.3 Å². The van der Waals surface area contributed by atoms with Crippen LogP contribution < -0.4 is 0 Å². The zero-order valence-electron chi connectivity index (χ0n) is 19.2. The lowest BCUT2D eigenvalue weighted by Crippen LogP contribution is -2.46. The number of hydrogen-bond acceptors (Lipinski definition) is 2. The van der Waals surface area contributed by atoms with Crippen LogP contribution in [0.25, 0.3) is 0 Å². The molecule has 0 spiro atoms. The second kappa shape index (κ2) is 7.38. The summed E-state index contributed by atoms with van der Waals surface area (Å²) in [7, 11) is 0. The van der Waals surface area contributed by atoms with E-state index >= 15 is 0 Å². The minimum Gasteiger partial charge on any atom is -0.393 e. The fourth-order valence-corrected chi connectivity index (χ4v) is 7.59. The Labute approximate surface area is 178 Å². The SMILES string of the molecule is CC(C=CCC(C)(C)O)[C@H]1CC[C@H]2C3=CC=C4C[C@@H](O)CC[C@]4(C)[C@H]3CC[C@]12C. The molecule has 0 radical (unpaired) electrons. The van der Waals surface area contributed by atoms with Crippen LogP contribution in [0.4, 0.5) is 0 Å². The van der Waals surface area contributed by atoms with E-state index in [2.05, 4.69) is 45.1 Å². The molecule has 29 heavy (non-hydrogen) atoms. The van der Waals surface area contributed by atoms with Gasteiger partial charge in [0.25, 0.3) is 0 Å². The summed E-state index contributed by atoms with van der Waals surface area (Å²) >= 11 is 0. The summed E-state index contributed by atoms with van der Waals surface area (Å²) in [5.41, 5.74) is 3.30. The Hall–Kier alpha value is -0.860. The number of allylic oxidation sites excluding steroid dienone is 4. The monoisotopic (exact) mass is 398 g/mol. The van der Waals surface area contributed by atoms with Crippen molar-refractivity contribution in [1.29, 1.82) is 0 Å². The molecule has 3 saturated carbocycles. The predicted molar refractivity (Wildman–Crippen MR) is 120 cm³/mol. The molecule has 0 aliphatic heterocycles. The number of aliphatic hydroxyl groups is 2. The molecule has 2 heteroatoms. The normalized spacial score (nSPS) is 43.3. The van der Waals surface area contributed by atoms with E-state index in [4.69, 9.17) is 0 Å². The van der Waals surface area contributed by atoms with Crippen LogP contribution >= 0.6 is 0 Å². The van der Waals surface area contributed by atoms with E-state index in [-0.39, 0.29) is 11.5 Å². The molecule has 2 N–H and O–H groups in total. The van der Waals surface area contributed by atoms with Gasteiger partial charge in [0.15, 0.2) is 0 Å². The summed E-state index contributed by atoms with van der Waals surface area (Å²) in [6, 6.07) is 0.